The third kappa shape index (κ3) is 5.55. The summed E-state index contributed by atoms with van der Waals surface area (Å²) in [6.07, 6.45) is 0.328. The van der Waals surface area contributed by atoms with Gasteiger partial charge in [0.25, 0.3) is 0 Å². The molecule has 0 spiro atoms. The molecule has 0 aliphatic rings. The maximum atomic E-state index is 11.7. The van der Waals surface area contributed by atoms with Crippen molar-refractivity contribution in [3.05, 3.63) is 46.4 Å². The summed E-state index contributed by atoms with van der Waals surface area (Å²) in [7, 11) is 0. The topological polar surface area (TPSA) is 51.2 Å². The summed E-state index contributed by atoms with van der Waals surface area (Å²) in [5, 5.41) is 5.69. The van der Waals surface area contributed by atoms with Crippen LogP contribution < -0.4 is 10.1 Å². The van der Waals surface area contributed by atoms with E-state index in [9.17, 15) is 4.79 Å². The molecule has 0 unspecified atom stereocenters. The smallest absolute Gasteiger partial charge is 0.226 e. The van der Waals surface area contributed by atoms with Gasteiger partial charge in [-0.2, -0.15) is 0 Å². The molecule has 0 fully saturated rings. The highest BCUT2D eigenvalue weighted by atomic mass is 32.1. The van der Waals surface area contributed by atoms with E-state index < -0.39 is 0 Å². The fourth-order valence-corrected chi connectivity index (χ4v) is 2.41. The van der Waals surface area contributed by atoms with E-state index in [0.717, 1.165) is 16.5 Å². The van der Waals surface area contributed by atoms with Crippen LogP contribution in [0.3, 0.4) is 0 Å². The minimum Gasteiger partial charge on any atom is -0.486 e. The normalized spacial score (nSPS) is 10.6. The Balaban J connectivity index is 1.80. The second-order valence-corrected chi connectivity index (χ2v) is 6.15. The first-order chi connectivity index (χ1) is 10.1. The number of aromatic nitrogens is 1. The second kappa shape index (κ2) is 7.78. The lowest BCUT2D eigenvalue weighted by Crippen LogP contribution is -2.28. The van der Waals surface area contributed by atoms with Gasteiger partial charge >= 0.3 is 0 Å². The minimum absolute atomic E-state index is 0.0181. The Morgan fingerprint density at radius 3 is 2.81 bits per heavy atom. The molecule has 0 radical (unpaired) electrons. The van der Waals surface area contributed by atoms with Crippen molar-refractivity contribution in [2.45, 2.75) is 26.9 Å². The molecule has 1 aromatic carbocycles. The summed E-state index contributed by atoms with van der Waals surface area (Å²) in [6.45, 7) is 5.28. The first kappa shape index (κ1) is 15.5. The van der Waals surface area contributed by atoms with Gasteiger partial charge < -0.3 is 10.1 Å². The molecule has 21 heavy (non-hydrogen) atoms. The van der Waals surface area contributed by atoms with Crippen LogP contribution in [0.4, 0.5) is 0 Å². The van der Waals surface area contributed by atoms with Gasteiger partial charge in [-0.1, -0.05) is 32.0 Å². The largest absolute Gasteiger partial charge is 0.486 e. The molecule has 0 saturated carbocycles. The van der Waals surface area contributed by atoms with Crippen molar-refractivity contribution in [2.75, 3.05) is 6.54 Å². The van der Waals surface area contributed by atoms with Crippen molar-refractivity contribution >= 4 is 17.2 Å². The number of nitrogens with zero attached hydrogens (tertiary/aromatic N) is 1. The van der Waals surface area contributed by atoms with E-state index >= 15 is 0 Å². The fraction of sp³-hybridized carbons (Fsp3) is 0.375. The highest BCUT2D eigenvalue weighted by molar-refractivity contribution is 7.09. The van der Waals surface area contributed by atoms with Crippen LogP contribution >= 0.6 is 11.3 Å². The molecule has 0 aliphatic heterocycles. The minimum atomic E-state index is 0.0181. The quantitative estimate of drug-likeness (QED) is 0.855. The Bertz CT molecular complexity index is 567. The Morgan fingerprint density at radius 2 is 2.10 bits per heavy atom. The SMILES string of the molecule is CC(C)CNC(=O)Cc1csc(COc2ccccc2)n1. The van der Waals surface area contributed by atoms with Crippen molar-refractivity contribution in [1.29, 1.82) is 0 Å². The molecular formula is C16H20N2O2S. The van der Waals surface area contributed by atoms with Crippen LogP contribution in [0.1, 0.15) is 24.5 Å². The lowest BCUT2D eigenvalue weighted by atomic mass is 10.2. The van der Waals surface area contributed by atoms with Crippen LogP contribution in [0.2, 0.25) is 0 Å². The van der Waals surface area contributed by atoms with E-state index in [0.29, 0.717) is 25.5 Å². The Morgan fingerprint density at radius 1 is 1.33 bits per heavy atom. The molecule has 1 N–H and O–H groups in total. The summed E-state index contributed by atoms with van der Waals surface area (Å²) >= 11 is 1.52. The van der Waals surface area contributed by atoms with Gasteiger partial charge in [0.2, 0.25) is 5.91 Å². The number of carbonyl (C=O) groups is 1. The summed E-state index contributed by atoms with van der Waals surface area (Å²) in [4.78, 5) is 16.2. The number of carbonyl (C=O) groups excluding carboxylic acids is 1. The Labute approximate surface area is 129 Å². The van der Waals surface area contributed by atoms with Crippen LogP contribution in [0, 0.1) is 5.92 Å². The summed E-state index contributed by atoms with van der Waals surface area (Å²) in [6, 6.07) is 9.63. The number of rotatable bonds is 7. The average Bonchev–Trinajstić information content (AvgIpc) is 2.91. The highest BCUT2D eigenvalue weighted by Crippen LogP contribution is 2.15. The number of nitrogens with one attached hydrogen (secondary N) is 1. The summed E-state index contributed by atoms with van der Waals surface area (Å²) < 4.78 is 5.64. The maximum absolute atomic E-state index is 11.7. The van der Waals surface area contributed by atoms with Crippen LogP contribution in [0.25, 0.3) is 0 Å². The number of para-hydroxylation sites is 1. The second-order valence-electron chi connectivity index (χ2n) is 5.21. The zero-order valence-electron chi connectivity index (χ0n) is 12.3. The van der Waals surface area contributed by atoms with E-state index in [4.69, 9.17) is 4.74 Å². The first-order valence-electron chi connectivity index (χ1n) is 7.01. The molecular weight excluding hydrogens is 284 g/mol. The molecule has 1 amide bonds. The van der Waals surface area contributed by atoms with E-state index in [2.05, 4.69) is 24.1 Å². The molecule has 1 aromatic heterocycles. The molecule has 112 valence electrons. The molecule has 4 nitrogen and oxygen atoms in total. The van der Waals surface area contributed by atoms with Gasteiger partial charge in [-0.15, -0.1) is 11.3 Å². The molecule has 0 bridgehead atoms. The molecule has 2 rings (SSSR count). The van der Waals surface area contributed by atoms with E-state index in [1.165, 1.54) is 11.3 Å². The predicted molar refractivity (Wildman–Crippen MR) is 84.4 cm³/mol. The summed E-state index contributed by atoms with van der Waals surface area (Å²) in [5.74, 6) is 1.30. The molecule has 5 heteroatoms. The first-order valence-corrected chi connectivity index (χ1v) is 7.89. The number of amides is 1. The van der Waals surface area contributed by atoms with Gasteiger partial charge in [-0.3, -0.25) is 4.79 Å². The van der Waals surface area contributed by atoms with E-state index in [-0.39, 0.29) is 5.91 Å². The number of hydrogen-bond acceptors (Lipinski definition) is 4. The standard InChI is InChI=1S/C16H20N2O2S/c1-12(2)9-17-15(19)8-13-11-21-16(18-13)10-20-14-6-4-3-5-7-14/h3-7,11-12H,8-10H2,1-2H3,(H,17,19). The monoisotopic (exact) mass is 304 g/mol. The molecule has 1 heterocycles. The van der Waals surface area contributed by atoms with Gasteiger partial charge in [0.15, 0.2) is 0 Å². The number of hydrogen-bond donors (Lipinski definition) is 1. The van der Waals surface area contributed by atoms with Crippen LogP contribution in [0.15, 0.2) is 35.7 Å². The van der Waals surface area contributed by atoms with E-state index in [1.807, 2.05) is 35.7 Å². The van der Waals surface area contributed by atoms with Crippen LogP contribution in [-0.2, 0) is 17.8 Å². The molecule has 0 saturated heterocycles. The van der Waals surface area contributed by atoms with Crippen molar-refractivity contribution in [3.63, 3.8) is 0 Å². The van der Waals surface area contributed by atoms with Gasteiger partial charge in [-0.25, -0.2) is 4.98 Å². The fourth-order valence-electron chi connectivity index (χ4n) is 1.70. The molecule has 0 atom stereocenters. The van der Waals surface area contributed by atoms with Crippen molar-refractivity contribution in [1.82, 2.24) is 10.3 Å². The van der Waals surface area contributed by atoms with Crippen molar-refractivity contribution in [3.8, 4) is 5.75 Å². The highest BCUT2D eigenvalue weighted by Gasteiger charge is 2.08. The molecule has 2 aromatic rings. The predicted octanol–water partition coefficient (Wildman–Crippen LogP) is 3.04. The van der Waals surface area contributed by atoms with Gasteiger partial charge in [0.05, 0.1) is 12.1 Å². The van der Waals surface area contributed by atoms with Gasteiger partial charge in [-0.05, 0) is 18.1 Å². The van der Waals surface area contributed by atoms with Crippen LogP contribution in [0.5, 0.6) is 5.75 Å². The lowest BCUT2D eigenvalue weighted by molar-refractivity contribution is -0.120. The molecule has 0 aliphatic carbocycles. The third-order valence-electron chi connectivity index (χ3n) is 2.75. The zero-order chi connectivity index (χ0) is 15.1. The third-order valence-corrected chi connectivity index (χ3v) is 3.63. The van der Waals surface area contributed by atoms with Crippen molar-refractivity contribution < 1.29 is 9.53 Å². The summed E-state index contributed by atoms with van der Waals surface area (Å²) in [5.41, 5.74) is 0.799. The maximum Gasteiger partial charge on any atom is 0.226 e. The van der Waals surface area contributed by atoms with Gasteiger partial charge in [0, 0.05) is 11.9 Å². The van der Waals surface area contributed by atoms with Crippen molar-refractivity contribution in [2.24, 2.45) is 5.92 Å². The Kier molecular flexibility index (Phi) is 5.75. The van der Waals surface area contributed by atoms with Gasteiger partial charge in [0.1, 0.15) is 17.4 Å². The number of benzene rings is 1. The lowest BCUT2D eigenvalue weighted by Gasteiger charge is -2.06. The Hall–Kier alpha value is -1.88. The van der Waals surface area contributed by atoms with E-state index in [1.54, 1.807) is 0 Å². The average molecular weight is 304 g/mol. The van der Waals surface area contributed by atoms with Crippen LogP contribution in [-0.4, -0.2) is 17.4 Å². The number of thiazole rings is 1. The zero-order valence-corrected chi connectivity index (χ0v) is 13.2. The number of ether oxygens (including phenoxy) is 1.